The lowest BCUT2D eigenvalue weighted by molar-refractivity contribution is 0.0696. The molecule has 0 spiro atoms. The lowest BCUT2D eigenvalue weighted by Crippen LogP contribution is -2.50. The minimum atomic E-state index is -3.82. The fraction of sp³-hybridized carbons (Fsp3) is 0.263. The topological polar surface area (TPSA) is 74.8 Å². The molecule has 1 amide bonds. The number of halogens is 3. The van der Waals surface area contributed by atoms with Gasteiger partial charge in [-0.3, -0.25) is 9.59 Å². The number of carbonyl (C=O) groups is 2. The van der Waals surface area contributed by atoms with Crippen molar-refractivity contribution in [1.29, 1.82) is 0 Å². The van der Waals surface area contributed by atoms with Crippen molar-refractivity contribution in [2.45, 2.75) is 11.8 Å². The lowest BCUT2D eigenvalue weighted by atomic mass is 10.1. The van der Waals surface area contributed by atoms with E-state index in [0.29, 0.717) is 17.7 Å². The fourth-order valence-electron chi connectivity index (χ4n) is 3.00. The van der Waals surface area contributed by atoms with Crippen LogP contribution in [0.2, 0.25) is 0 Å². The van der Waals surface area contributed by atoms with Gasteiger partial charge in [0.2, 0.25) is 10.0 Å². The molecule has 6 nitrogen and oxygen atoms in total. The van der Waals surface area contributed by atoms with Gasteiger partial charge in [-0.15, -0.1) is 0 Å². The third kappa shape index (κ3) is 4.18. The third-order valence-corrected chi connectivity index (χ3v) is 6.57. The maximum atomic E-state index is 13.4. The van der Waals surface area contributed by atoms with Crippen LogP contribution in [0.5, 0.6) is 0 Å². The molecule has 0 N–H and O–H groups in total. The van der Waals surface area contributed by atoms with Crippen molar-refractivity contribution in [3.63, 3.8) is 0 Å². The van der Waals surface area contributed by atoms with Crippen LogP contribution in [-0.2, 0) is 10.0 Å². The molecule has 1 aliphatic rings. The summed E-state index contributed by atoms with van der Waals surface area (Å²) in [6.07, 6.45) is 0. The van der Waals surface area contributed by atoms with Crippen molar-refractivity contribution in [1.82, 2.24) is 9.21 Å². The quantitative estimate of drug-likeness (QED) is 0.556. The zero-order valence-electron chi connectivity index (χ0n) is 15.4. The summed E-state index contributed by atoms with van der Waals surface area (Å²) in [6, 6.07) is 6.75. The van der Waals surface area contributed by atoms with Gasteiger partial charge in [0.1, 0.15) is 0 Å². The fourth-order valence-corrected chi connectivity index (χ4v) is 4.43. The number of benzene rings is 2. The van der Waals surface area contributed by atoms with Gasteiger partial charge in [-0.25, -0.2) is 21.6 Å². The molecule has 10 heteroatoms. The highest BCUT2D eigenvalue weighted by Crippen LogP contribution is 2.20. The van der Waals surface area contributed by atoms with E-state index in [9.17, 15) is 31.2 Å². The van der Waals surface area contributed by atoms with E-state index in [0.717, 1.165) is 0 Å². The number of piperazine rings is 1. The first kappa shape index (κ1) is 21.0. The van der Waals surface area contributed by atoms with Crippen LogP contribution in [-0.4, -0.2) is 55.5 Å². The van der Waals surface area contributed by atoms with Gasteiger partial charge in [-0.1, -0.05) is 12.1 Å². The molecule has 0 aromatic heterocycles. The second-order valence-electron chi connectivity index (χ2n) is 6.53. The predicted octanol–water partition coefficient (Wildman–Crippen LogP) is 2.45. The lowest BCUT2D eigenvalue weighted by Gasteiger charge is -2.34. The molecule has 1 saturated heterocycles. The summed E-state index contributed by atoms with van der Waals surface area (Å²) < 4.78 is 66.4. The van der Waals surface area contributed by atoms with Crippen LogP contribution in [0.3, 0.4) is 0 Å². The van der Waals surface area contributed by atoms with Crippen LogP contribution in [0, 0.1) is 17.5 Å². The van der Waals surface area contributed by atoms with Crippen LogP contribution >= 0.6 is 0 Å². The number of hydrogen-bond acceptors (Lipinski definition) is 4. The minimum absolute atomic E-state index is 0.00417. The van der Waals surface area contributed by atoms with E-state index in [2.05, 4.69) is 0 Å². The Morgan fingerprint density at radius 1 is 0.862 bits per heavy atom. The molecule has 0 bridgehead atoms. The highest BCUT2D eigenvalue weighted by molar-refractivity contribution is 7.89. The summed E-state index contributed by atoms with van der Waals surface area (Å²) in [5.41, 5.74) is 0.0376. The number of Topliss-reactive ketones (excluding diaryl/α,β-unsaturated/α-hetero) is 1. The van der Waals surface area contributed by atoms with Crippen molar-refractivity contribution < 1.29 is 31.2 Å². The maximum absolute atomic E-state index is 13.4. The Balaban J connectivity index is 1.71. The normalized spacial score (nSPS) is 15.4. The van der Waals surface area contributed by atoms with Gasteiger partial charge >= 0.3 is 0 Å². The number of carbonyl (C=O) groups excluding carboxylic acids is 2. The van der Waals surface area contributed by atoms with E-state index in [-0.39, 0.29) is 42.4 Å². The molecule has 0 saturated carbocycles. The molecular formula is C19H17F3N2O4S. The standard InChI is InChI=1S/C19H17F3N2O4S/c1-12(25)13-2-4-15(5-3-13)29(27,28)24-8-6-23(7-9-24)19(26)14-10-16(20)18(22)17(21)11-14/h2-5,10-11H,6-9H2,1H3. The molecule has 154 valence electrons. The summed E-state index contributed by atoms with van der Waals surface area (Å²) in [6.45, 7) is 1.34. The van der Waals surface area contributed by atoms with Crippen molar-refractivity contribution in [3.05, 3.63) is 65.0 Å². The maximum Gasteiger partial charge on any atom is 0.254 e. The van der Waals surface area contributed by atoms with E-state index < -0.39 is 33.4 Å². The van der Waals surface area contributed by atoms with E-state index in [1.807, 2.05) is 0 Å². The number of nitrogens with zero attached hydrogens (tertiary/aromatic N) is 2. The number of amides is 1. The summed E-state index contributed by atoms with van der Waals surface area (Å²) in [5, 5.41) is 0. The molecule has 1 fully saturated rings. The number of hydrogen-bond donors (Lipinski definition) is 0. The molecule has 0 radical (unpaired) electrons. The van der Waals surface area contributed by atoms with Crippen LogP contribution in [0.25, 0.3) is 0 Å². The van der Waals surface area contributed by atoms with Crippen molar-refractivity contribution >= 4 is 21.7 Å². The van der Waals surface area contributed by atoms with Gasteiger partial charge in [0.05, 0.1) is 4.90 Å². The van der Waals surface area contributed by atoms with E-state index in [1.165, 1.54) is 40.4 Å². The Bertz CT molecular complexity index is 1040. The smallest absolute Gasteiger partial charge is 0.254 e. The molecule has 3 rings (SSSR count). The van der Waals surface area contributed by atoms with Gasteiger partial charge in [0.25, 0.3) is 5.91 Å². The molecule has 0 aliphatic carbocycles. The Morgan fingerprint density at radius 2 is 1.38 bits per heavy atom. The summed E-state index contributed by atoms with van der Waals surface area (Å²) in [5.74, 6) is -5.50. The number of sulfonamides is 1. The van der Waals surface area contributed by atoms with E-state index in [4.69, 9.17) is 0 Å². The SMILES string of the molecule is CC(=O)c1ccc(S(=O)(=O)N2CCN(C(=O)c3cc(F)c(F)c(F)c3)CC2)cc1. The Labute approximate surface area is 165 Å². The minimum Gasteiger partial charge on any atom is -0.336 e. The van der Waals surface area contributed by atoms with Crippen molar-refractivity contribution in [2.75, 3.05) is 26.2 Å². The highest BCUT2D eigenvalue weighted by atomic mass is 32.2. The van der Waals surface area contributed by atoms with Crippen LogP contribution in [0.4, 0.5) is 13.2 Å². The molecule has 29 heavy (non-hydrogen) atoms. The van der Waals surface area contributed by atoms with Crippen LogP contribution < -0.4 is 0 Å². The predicted molar refractivity (Wildman–Crippen MR) is 97.4 cm³/mol. The Hall–Kier alpha value is -2.72. The van der Waals surface area contributed by atoms with Crippen molar-refractivity contribution in [3.8, 4) is 0 Å². The molecular weight excluding hydrogens is 409 g/mol. The molecule has 0 atom stereocenters. The van der Waals surface area contributed by atoms with Gasteiger partial charge in [-0.05, 0) is 31.2 Å². The number of rotatable bonds is 4. The van der Waals surface area contributed by atoms with E-state index in [1.54, 1.807) is 0 Å². The van der Waals surface area contributed by atoms with Gasteiger partial charge in [0.15, 0.2) is 23.2 Å². The first-order chi connectivity index (χ1) is 13.6. The third-order valence-electron chi connectivity index (χ3n) is 4.66. The average molecular weight is 426 g/mol. The van der Waals surface area contributed by atoms with Crippen LogP contribution in [0.15, 0.2) is 41.3 Å². The highest BCUT2D eigenvalue weighted by Gasteiger charge is 2.31. The molecule has 0 unspecified atom stereocenters. The zero-order chi connectivity index (χ0) is 21.3. The number of ketones is 1. The Morgan fingerprint density at radius 3 is 1.86 bits per heavy atom. The summed E-state index contributed by atoms with van der Waals surface area (Å²) in [7, 11) is -3.82. The first-order valence-electron chi connectivity index (χ1n) is 8.66. The summed E-state index contributed by atoms with van der Waals surface area (Å²) in [4.78, 5) is 25.0. The van der Waals surface area contributed by atoms with Crippen LogP contribution in [0.1, 0.15) is 27.6 Å². The zero-order valence-corrected chi connectivity index (χ0v) is 16.2. The first-order valence-corrected chi connectivity index (χ1v) is 10.1. The van der Waals surface area contributed by atoms with Crippen molar-refractivity contribution in [2.24, 2.45) is 0 Å². The van der Waals surface area contributed by atoms with Gasteiger partial charge < -0.3 is 4.90 Å². The van der Waals surface area contributed by atoms with Gasteiger partial charge in [0, 0.05) is 37.3 Å². The Kier molecular flexibility index (Phi) is 5.76. The molecule has 1 heterocycles. The van der Waals surface area contributed by atoms with E-state index >= 15 is 0 Å². The monoisotopic (exact) mass is 426 g/mol. The largest absolute Gasteiger partial charge is 0.336 e. The average Bonchev–Trinajstić information content (AvgIpc) is 2.71. The second-order valence-corrected chi connectivity index (χ2v) is 8.47. The van der Waals surface area contributed by atoms with Gasteiger partial charge in [-0.2, -0.15) is 4.31 Å². The molecule has 2 aromatic rings. The molecule has 2 aromatic carbocycles. The summed E-state index contributed by atoms with van der Waals surface area (Å²) >= 11 is 0. The second kappa shape index (κ2) is 7.96. The molecule has 1 aliphatic heterocycles.